The Kier molecular flexibility index (Phi) is 5.16. The summed E-state index contributed by atoms with van der Waals surface area (Å²) in [6, 6.07) is 7.59. The summed E-state index contributed by atoms with van der Waals surface area (Å²) < 4.78 is 1.82. The molecule has 0 saturated carbocycles. The SMILES string of the molecule is CC(=O)Nc1cccc(NCc2c(C)nn(CCO)c2C)c1. The van der Waals surface area contributed by atoms with Gasteiger partial charge in [0.25, 0.3) is 0 Å². The van der Waals surface area contributed by atoms with Crippen molar-refractivity contribution in [2.45, 2.75) is 33.9 Å². The number of hydrogen-bond acceptors (Lipinski definition) is 4. The number of nitrogens with zero attached hydrogens (tertiary/aromatic N) is 2. The van der Waals surface area contributed by atoms with Gasteiger partial charge < -0.3 is 15.7 Å². The van der Waals surface area contributed by atoms with E-state index in [2.05, 4.69) is 15.7 Å². The average molecular weight is 302 g/mol. The van der Waals surface area contributed by atoms with Crippen LogP contribution in [0.15, 0.2) is 24.3 Å². The number of carbonyl (C=O) groups excluding carboxylic acids is 1. The number of aliphatic hydroxyl groups excluding tert-OH is 1. The lowest BCUT2D eigenvalue weighted by atomic mass is 10.2. The molecular formula is C16H22N4O2. The van der Waals surface area contributed by atoms with E-state index in [1.165, 1.54) is 6.92 Å². The van der Waals surface area contributed by atoms with Crippen LogP contribution in [0.3, 0.4) is 0 Å². The second-order valence-electron chi connectivity index (χ2n) is 5.21. The Balaban J connectivity index is 2.08. The number of nitrogens with one attached hydrogen (secondary N) is 2. The van der Waals surface area contributed by atoms with E-state index in [1.807, 2.05) is 42.8 Å². The quantitative estimate of drug-likeness (QED) is 0.763. The predicted molar refractivity (Wildman–Crippen MR) is 86.9 cm³/mol. The molecule has 6 nitrogen and oxygen atoms in total. The molecule has 1 amide bonds. The van der Waals surface area contributed by atoms with E-state index in [4.69, 9.17) is 5.11 Å². The van der Waals surface area contributed by atoms with E-state index in [0.717, 1.165) is 28.3 Å². The van der Waals surface area contributed by atoms with Crippen molar-refractivity contribution in [3.8, 4) is 0 Å². The molecule has 0 aliphatic rings. The molecule has 0 saturated heterocycles. The standard InChI is InChI=1S/C16H22N4O2/c1-11-16(12(2)20(19-11)7-8-21)10-17-14-5-4-6-15(9-14)18-13(3)22/h4-6,9,17,21H,7-8,10H2,1-3H3,(H,18,22). The van der Waals surface area contributed by atoms with Gasteiger partial charge in [0.15, 0.2) is 0 Å². The van der Waals surface area contributed by atoms with Crippen molar-refractivity contribution in [1.82, 2.24) is 9.78 Å². The van der Waals surface area contributed by atoms with Gasteiger partial charge in [0, 0.05) is 36.1 Å². The largest absolute Gasteiger partial charge is 0.394 e. The van der Waals surface area contributed by atoms with Gasteiger partial charge in [-0.1, -0.05) is 6.07 Å². The van der Waals surface area contributed by atoms with E-state index in [1.54, 1.807) is 0 Å². The molecule has 0 unspecified atom stereocenters. The van der Waals surface area contributed by atoms with Crippen LogP contribution in [-0.4, -0.2) is 27.4 Å². The second kappa shape index (κ2) is 7.09. The van der Waals surface area contributed by atoms with Crippen molar-refractivity contribution >= 4 is 17.3 Å². The molecular weight excluding hydrogens is 280 g/mol. The first-order valence-corrected chi connectivity index (χ1v) is 7.26. The Hall–Kier alpha value is -2.34. The number of aromatic nitrogens is 2. The summed E-state index contributed by atoms with van der Waals surface area (Å²) in [5, 5.41) is 19.6. The van der Waals surface area contributed by atoms with Crippen LogP contribution in [0, 0.1) is 13.8 Å². The van der Waals surface area contributed by atoms with Gasteiger partial charge in [-0.15, -0.1) is 0 Å². The summed E-state index contributed by atoms with van der Waals surface area (Å²) >= 11 is 0. The van der Waals surface area contributed by atoms with Gasteiger partial charge in [-0.3, -0.25) is 9.48 Å². The third-order valence-corrected chi connectivity index (χ3v) is 3.50. The molecule has 0 aliphatic heterocycles. The lowest BCUT2D eigenvalue weighted by molar-refractivity contribution is -0.114. The lowest BCUT2D eigenvalue weighted by Gasteiger charge is -2.09. The minimum absolute atomic E-state index is 0.0770. The minimum atomic E-state index is -0.0888. The van der Waals surface area contributed by atoms with Crippen molar-refractivity contribution in [3.63, 3.8) is 0 Å². The minimum Gasteiger partial charge on any atom is -0.394 e. The Morgan fingerprint density at radius 1 is 1.32 bits per heavy atom. The number of carbonyl (C=O) groups is 1. The Labute approximate surface area is 130 Å². The van der Waals surface area contributed by atoms with Crippen LogP contribution < -0.4 is 10.6 Å². The van der Waals surface area contributed by atoms with Crippen LogP contribution in [0.4, 0.5) is 11.4 Å². The number of rotatable bonds is 6. The van der Waals surface area contributed by atoms with Gasteiger partial charge in [-0.25, -0.2) is 0 Å². The van der Waals surface area contributed by atoms with Gasteiger partial charge in [-0.2, -0.15) is 5.10 Å². The van der Waals surface area contributed by atoms with Crippen molar-refractivity contribution in [2.75, 3.05) is 17.2 Å². The fraction of sp³-hybridized carbons (Fsp3) is 0.375. The smallest absolute Gasteiger partial charge is 0.221 e. The molecule has 1 aromatic carbocycles. The molecule has 0 atom stereocenters. The first kappa shape index (κ1) is 16.0. The number of aliphatic hydroxyl groups is 1. The maximum Gasteiger partial charge on any atom is 0.221 e. The first-order chi connectivity index (χ1) is 10.5. The van der Waals surface area contributed by atoms with E-state index in [-0.39, 0.29) is 12.5 Å². The Morgan fingerprint density at radius 3 is 2.73 bits per heavy atom. The highest BCUT2D eigenvalue weighted by molar-refractivity contribution is 5.89. The summed E-state index contributed by atoms with van der Waals surface area (Å²) in [5.74, 6) is -0.0888. The number of aryl methyl sites for hydroxylation is 1. The van der Waals surface area contributed by atoms with Crippen molar-refractivity contribution in [3.05, 3.63) is 41.2 Å². The van der Waals surface area contributed by atoms with Gasteiger partial charge in [0.1, 0.15) is 0 Å². The second-order valence-corrected chi connectivity index (χ2v) is 5.21. The molecule has 0 aliphatic carbocycles. The van der Waals surface area contributed by atoms with Gasteiger partial charge in [0.05, 0.1) is 18.8 Å². The maximum absolute atomic E-state index is 11.1. The number of benzene rings is 1. The Bertz CT molecular complexity index is 664. The molecule has 3 N–H and O–H groups in total. The molecule has 1 heterocycles. The topological polar surface area (TPSA) is 79.2 Å². The first-order valence-electron chi connectivity index (χ1n) is 7.26. The third kappa shape index (κ3) is 3.85. The van der Waals surface area contributed by atoms with Gasteiger partial charge in [-0.05, 0) is 32.0 Å². The summed E-state index contributed by atoms with van der Waals surface area (Å²) in [7, 11) is 0. The van der Waals surface area contributed by atoms with Crippen molar-refractivity contribution < 1.29 is 9.90 Å². The third-order valence-electron chi connectivity index (χ3n) is 3.50. The van der Waals surface area contributed by atoms with Crippen LogP contribution in [0.25, 0.3) is 0 Å². The van der Waals surface area contributed by atoms with E-state index in [9.17, 15) is 4.79 Å². The van der Waals surface area contributed by atoms with Crippen LogP contribution in [0.1, 0.15) is 23.9 Å². The summed E-state index contributed by atoms with van der Waals surface area (Å²) in [4.78, 5) is 11.1. The van der Waals surface area contributed by atoms with Crippen molar-refractivity contribution in [2.24, 2.45) is 0 Å². The van der Waals surface area contributed by atoms with E-state index < -0.39 is 0 Å². The highest BCUT2D eigenvalue weighted by Gasteiger charge is 2.10. The molecule has 118 valence electrons. The highest BCUT2D eigenvalue weighted by Crippen LogP contribution is 2.18. The van der Waals surface area contributed by atoms with Crippen LogP contribution in [0.2, 0.25) is 0 Å². The number of anilines is 2. The molecule has 1 aromatic heterocycles. The molecule has 0 radical (unpaired) electrons. The van der Waals surface area contributed by atoms with E-state index >= 15 is 0 Å². The molecule has 2 rings (SSSR count). The number of hydrogen-bond donors (Lipinski definition) is 3. The maximum atomic E-state index is 11.1. The fourth-order valence-corrected chi connectivity index (χ4v) is 2.40. The monoisotopic (exact) mass is 302 g/mol. The zero-order valence-corrected chi connectivity index (χ0v) is 13.2. The lowest BCUT2D eigenvalue weighted by Crippen LogP contribution is -2.08. The molecule has 2 aromatic rings. The summed E-state index contributed by atoms with van der Waals surface area (Å²) in [5.41, 5.74) is 4.83. The van der Waals surface area contributed by atoms with Crippen LogP contribution >= 0.6 is 0 Å². The summed E-state index contributed by atoms with van der Waals surface area (Å²) in [6.07, 6.45) is 0. The molecule has 0 spiro atoms. The highest BCUT2D eigenvalue weighted by atomic mass is 16.3. The van der Waals surface area contributed by atoms with Gasteiger partial charge >= 0.3 is 0 Å². The molecule has 0 bridgehead atoms. The fourth-order valence-electron chi connectivity index (χ4n) is 2.40. The molecule has 0 fully saturated rings. The Morgan fingerprint density at radius 2 is 2.05 bits per heavy atom. The van der Waals surface area contributed by atoms with E-state index in [0.29, 0.717) is 13.1 Å². The average Bonchev–Trinajstić information content (AvgIpc) is 2.72. The zero-order chi connectivity index (χ0) is 16.1. The van der Waals surface area contributed by atoms with Crippen LogP contribution in [0.5, 0.6) is 0 Å². The summed E-state index contributed by atoms with van der Waals surface area (Å²) in [6.45, 7) is 6.68. The van der Waals surface area contributed by atoms with Crippen molar-refractivity contribution in [1.29, 1.82) is 0 Å². The predicted octanol–water partition coefficient (Wildman–Crippen LogP) is 2.06. The molecule has 22 heavy (non-hydrogen) atoms. The number of amides is 1. The zero-order valence-electron chi connectivity index (χ0n) is 13.2. The molecule has 6 heteroatoms. The van der Waals surface area contributed by atoms with Gasteiger partial charge in [0.2, 0.25) is 5.91 Å². The normalized spacial score (nSPS) is 10.5. The van der Waals surface area contributed by atoms with Crippen LogP contribution in [-0.2, 0) is 17.9 Å².